The largest absolute Gasteiger partial charge is 0.456 e. The molecule has 15 aromatic rings. The van der Waals surface area contributed by atoms with E-state index in [0.29, 0.717) is 17.5 Å². The molecular weight excluding hydrogens is 853 g/mol. The number of para-hydroxylation sites is 2. The normalized spacial score (nSPS) is 12.0. The zero-order valence-electron chi connectivity index (χ0n) is 37.6. The minimum atomic E-state index is 0.577. The maximum Gasteiger partial charge on any atom is 0.165 e. The summed E-state index contributed by atoms with van der Waals surface area (Å²) in [4.78, 5) is 16.9. The molecule has 0 amide bonds. The van der Waals surface area contributed by atoms with Crippen LogP contribution in [-0.4, -0.2) is 19.5 Å². The molecular formula is C65H38N4O. The molecule has 15 rings (SSSR count). The molecule has 0 fully saturated rings. The van der Waals surface area contributed by atoms with Gasteiger partial charge in [-0.2, -0.15) is 0 Å². The molecule has 3 aromatic heterocycles. The Labute approximate surface area is 401 Å². The summed E-state index contributed by atoms with van der Waals surface area (Å²) in [5.41, 5.74) is 9.80. The number of nitrogens with zero attached hydrogens (tertiary/aromatic N) is 4. The Morgan fingerprint density at radius 3 is 1.39 bits per heavy atom. The second-order valence-corrected chi connectivity index (χ2v) is 18.3. The SMILES string of the molecule is c1ccc2cc3c(cc2c1)c1ccccc1n3-c1ccc(-c2nc(-c3c4ccccc4cc4ccccc34)nc(-c3c4ccccc4cc4ccccc34)n2)c(-c2cccc3oc4ccccc4c23)c1. The van der Waals surface area contributed by atoms with Crippen molar-refractivity contribution in [1.82, 2.24) is 19.5 Å². The van der Waals surface area contributed by atoms with Gasteiger partial charge >= 0.3 is 0 Å². The van der Waals surface area contributed by atoms with E-state index in [9.17, 15) is 0 Å². The first-order valence-electron chi connectivity index (χ1n) is 23.8. The third-order valence-electron chi connectivity index (χ3n) is 14.4. The Balaban J connectivity index is 1.09. The highest BCUT2D eigenvalue weighted by molar-refractivity contribution is 6.17. The molecule has 0 unspecified atom stereocenters. The first-order chi connectivity index (χ1) is 34.7. The zero-order valence-corrected chi connectivity index (χ0v) is 37.6. The van der Waals surface area contributed by atoms with Crippen LogP contribution in [0.25, 0.3) is 149 Å². The van der Waals surface area contributed by atoms with Crippen molar-refractivity contribution in [2.24, 2.45) is 0 Å². The van der Waals surface area contributed by atoms with Crippen LogP contribution in [-0.2, 0) is 0 Å². The number of fused-ring (bicyclic) bond motifs is 11. The van der Waals surface area contributed by atoms with Crippen LogP contribution in [0.1, 0.15) is 0 Å². The molecule has 3 heterocycles. The van der Waals surface area contributed by atoms with Crippen LogP contribution in [0.5, 0.6) is 0 Å². The fourth-order valence-corrected chi connectivity index (χ4v) is 11.3. The topological polar surface area (TPSA) is 56.7 Å². The summed E-state index contributed by atoms with van der Waals surface area (Å²) < 4.78 is 9.00. The van der Waals surface area contributed by atoms with Gasteiger partial charge in [-0.05, 0) is 126 Å². The lowest BCUT2D eigenvalue weighted by Crippen LogP contribution is -2.03. The Morgan fingerprint density at radius 2 is 0.771 bits per heavy atom. The highest BCUT2D eigenvalue weighted by Crippen LogP contribution is 2.45. The van der Waals surface area contributed by atoms with E-state index in [-0.39, 0.29) is 0 Å². The van der Waals surface area contributed by atoms with E-state index in [0.717, 1.165) is 110 Å². The number of hydrogen-bond donors (Lipinski definition) is 0. The van der Waals surface area contributed by atoms with Gasteiger partial charge < -0.3 is 8.98 Å². The van der Waals surface area contributed by atoms with E-state index in [1.165, 1.54) is 21.5 Å². The first-order valence-corrected chi connectivity index (χ1v) is 23.8. The second-order valence-electron chi connectivity index (χ2n) is 18.3. The summed E-state index contributed by atoms with van der Waals surface area (Å²) >= 11 is 0. The molecule has 0 aliphatic heterocycles. The van der Waals surface area contributed by atoms with Crippen LogP contribution in [0.3, 0.4) is 0 Å². The Morgan fingerprint density at radius 1 is 0.286 bits per heavy atom. The molecule has 5 nitrogen and oxygen atoms in total. The lowest BCUT2D eigenvalue weighted by atomic mass is 9.93. The van der Waals surface area contributed by atoms with Crippen molar-refractivity contribution in [3.05, 3.63) is 231 Å². The van der Waals surface area contributed by atoms with E-state index >= 15 is 0 Å². The van der Waals surface area contributed by atoms with E-state index in [2.05, 4.69) is 223 Å². The van der Waals surface area contributed by atoms with E-state index in [4.69, 9.17) is 19.4 Å². The molecule has 0 N–H and O–H groups in total. The molecule has 70 heavy (non-hydrogen) atoms. The summed E-state index contributed by atoms with van der Waals surface area (Å²) in [5.74, 6) is 1.80. The summed E-state index contributed by atoms with van der Waals surface area (Å²) in [5, 5.41) is 15.7. The smallest absolute Gasteiger partial charge is 0.165 e. The van der Waals surface area contributed by atoms with Gasteiger partial charge in [0, 0.05) is 43.9 Å². The van der Waals surface area contributed by atoms with Crippen molar-refractivity contribution in [1.29, 1.82) is 0 Å². The van der Waals surface area contributed by atoms with Crippen LogP contribution >= 0.6 is 0 Å². The summed E-state index contributed by atoms with van der Waals surface area (Å²) in [6.07, 6.45) is 0. The van der Waals surface area contributed by atoms with E-state index < -0.39 is 0 Å². The second kappa shape index (κ2) is 15.0. The van der Waals surface area contributed by atoms with Crippen LogP contribution in [0.4, 0.5) is 0 Å². The van der Waals surface area contributed by atoms with Crippen LogP contribution < -0.4 is 0 Å². The van der Waals surface area contributed by atoms with E-state index in [1.807, 2.05) is 12.1 Å². The number of furan rings is 1. The van der Waals surface area contributed by atoms with Gasteiger partial charge in [0.25, 0.3) is 0 Å². The fraction of sp³-hybridized carbons (Fsp3) is 0. The number of benzene rings is 12. The molecule has 5 heteroatoms. The Bertz CT molecular complexity index is 4430. The predicted octanol–water partition coefficient (Wildman–Crippen LogP) is 17.3. The van der Waals surface area contributed by atoms with E-state index in [1.54, 1.807) is 0 Å². The van der Waals surface area contributed by atoms with Crippen molar-refractivity contribution in [2.45, 2.75) is 0 Å². The van der Waals surface area contributed by atoms with Gasteiger partial charge in [-0.3, -0.25) is 0 Å². The summed E-state index contributed by atoms with van der Waals surface area (Å²) in [6.45, 7) is 0. The molecule has 0 atom stereocenters. The minimum absolute atomic E-state index is 0.577. The maximum atomic E-state index is 6.59. The lowest BCUT2D eigenvalue weighted by Gasteiger charge is -2.18. The first kappa shape index (κ1) is 38.6. The summed E-state index contributed by atoms with van der Waals surface area (Å²) in [6, 6.07) is 82.3. The number of rotatable bonds is 5. The Hall–Kier alpha value is -9.45. The molecule has 0 spiro atoms. The molecule has 0 aliphatic rings. The summed E-state index contributed by atoms with van der Waals surface area (Å²) in [7, 11) is 0. The molecule has 12 aromatic carbocycles. The third kappa shape index (κ3) is 5.82. The maximum absolute atomic E-state index is 6.59. The molecule has 0 saturated heterocycles. The minimum Gasteiger partial charge on any atom is -0.456 e. The standard InChI is InChI=1S/C65H38N4O/c1-2-17-40-37-57-55(36-39(40)16-1)50-26-11-13-29-56(50)69(57)45-32-33-52(54(38-45)51-28-15-31-59-60(51)53-27-12-14-30-58(53)70-59)63-66-64(61-46-22-7-3-18-41(46)34-42-19-4-8-23-47(42)61)68-65(67-63)62-48-24-9-5-20-43(48)35-44-21-6-10-25-49(44)62/h1-38H. The third-order valence-corrected chi connectivity index (χ3v) is 14.4. The molecule has 0 aliphatic carbocycles. The lowest BCUT2D eigenvalue weighted by molar-refractivity contribution is 0.669. The zero-order chi connectivity index (χ0) is 45.9. The van der Waals surface area contributed by atoms with Gasteiger partial charge in [0.1, 0.15) is 11.2 Å². The number of aromatic nitrogens is 4. The highest BCUT2D eigenvalue weighted by atomic mass is 16.3. The molecule has 0 saturated carbocycles. The van der Waals surface area contributed by atoms with Crippen molar-refractivity contribution < 1.29 is 4.42 Å². The quantitative estimate of drug-likeness (QED) is 0.162. The number of hydrogen-bond acceptors (Lipinski definition) is 4. The van der Waals surface area contributed by atoms with Gasteiger partial charge in [-0.25, -0.2) is 15.0 Å². The van der Waals surface area contributed by atoms with Gasteiger partial charge in [0.05, 0.1) is 11.0 Å². The van der Waals surface area contributed by atoms with Crippen molar-refractivity contribution in [2.75, 3.05) is 0 Å². The van der Waals surface area contributed by atoms with Gasteiger partial charge in [0.2, 0.25) is 0 Å². The monoisotopic (exact) mass is 890 g/mol. The van der Waals surface area contributed by atoms with Gasteiger partial charge in [-0.1, -0.05) is 170 Å². The van der Waals surface area contributed by atoms with Crippen LogP contribution in [0.2, 0.25) is 0 Å². The molecule has 324 valence electrons. The van der Waals surface area contributed by atoms with Crippen LogP contribution in [0.15, 0.2) is 235 Å². The van der Waals surface area contributed by atoms with Crippen molar-refractivity contribution >= 4 is 97.6 Å². The molecule has 0 radical (unpaired) electrons. The van der Waals surface area contributed by atoms with Gasteiger partial charge in [-0.15, -0.1) is 0 Å². The highest BCUT2D eigenvalue weighted by Gasteiger charge is 2.24. The molecule has 0 bridgehead atoms. The van der Waals surface area contributed by atoms with Crippen molar-refractivity contribution in [3.8, 4) is 51.0 Å². The average Bonchev–Trinajstić information content (AvgIpc) is 3.96. The average molecular weight is 891 g/mol. The van der Waals surface area contributed by atoms with Gasteiger partial charge in [0.15, 0.2) is 17.5 Å². The fourth-order valence-electron chi connectivity index (χ4n) is 11.3. The Kier molecular flexibility index (Phi) is 8.29. The van der Waals surface area contributed by atoms with Crippen LogP contribution in [0, 0.1) is 0 Å². The predicted molar refractivity (Wildman–Crippen MR) is 291 cm³/mol. The van der Waals surface area contributed by atoms with Crippen molar-refractivity contribution in [3.63, 3.8) is 0 Å².